The molecule has 0 fully saturated rings. The number of fused-ring (bicyclic) bond motifs is 1. The van der Waals surface area contributed by atoms with Crippen molar-refractivity contribution in [3.05, 3.63) is 42.5 Å². The Hall–Kier alpha value is -2.30. The number of aliphatic imine (C=N–C) groups is 1. The van der Waals surface area contributed by atoms with Crippen LogP contribution in [0.5, 0.6) is 0 Å². The third kappa shape index (κ3) is 2.93. The molecule has 0 aromatic heterocycles. The van der Waals surface area contributed by atoms with Crippen LogP contribution >= 0.6 is 0 Å². The fourth-order valence-corrected chi connectivity index (χ4v) is 2.83. The molecule has 0 saturated heterocycles. The summed E-state index contributed by atoms with van der Waals surface area (Å²) in [5.74, 6) is -1.86. The van der Waals surface area contributed by atoms with E-state index in [1.807, 2.05) is 12.1 Å². The van der Waals surface area contributed by atoms with Crippen LogP contribution in [-0.4, -0.2) is 26.2 Å². The van der Waals surface area contributed by atoms with Crippen LogP contribution in [0.15, 0.2) is 52.4 Å². The number of nitrogens with zero attached hydrogens (tertiary/aromatic N) is 1. The Kier molecular flexibility index (Phi) is 3.55. The van der Waals surface area contributed by atoms with E-state index in [0.29, 0.717) is 0 Å². The predicted molar refractivity (Wildman–Crippen MR) is 69.1 cm³/mol. The van der Waals surface area contributed by atoms with E-state index in [2.05, 4.69) is 4.99 Å². The highest BCUT2D eigenvalue weighted by atomic mass is 32.2. The molecule has 0 aliphatic rings. The Balaban J connectivity index is 2.43. The van der Waals surface area contributed by atoms with Crippen LogP contribution in [0.3, 0.4) is 0 Å². The van der Waals surface area contributed by atoms with Crippen LogP contribution in [0, 0.1) is 0 Å². The molecule has 1 amide bonds. The van der Waals surface area contributed by atoms with E-state index >= 15 is 0 Å². The van der Waals surface area contributed by atoms with Gasteiger partial charge in [-0.2, -0.15) is 0 Å². The van der Waals surface area contributed by atoms with Gasteiger partial charge in [0.25, 0.3) is 5.91 Å². The number of isocyanates is 1. The summed E-state index contributed by atoms with van der Waals surface area (Å²) in [5.41, 5.74) is 0. The molecule has 2 rings (SSSR count). The molecule has 0 unspecified atom stereocenters. The monoisotopic (exact) mass is 275 g/mol. The first-order valence-corrected chi connectivity index (χ1v) is 7.00. The smallest absolute Gasteiger partial charge is 0.271 e. The van der Waals surface area contributed by atoms with Crippen molar-refractivity contribution in [3.8, 4) is 0 Å². The lowest BCUT2D eigenvalue weighted by Gasteiger charge is -2.03. The number of rotatable bonds is 3. The first kappa shape index (κ1) is 13.1. The van der Waals surface area contributed by atoms with Crippen LogP contribution in [0.25, 0.3) is 10.8 Å². The maximum atomic E-state index is 12.0. The number of carbonyl (C=O) groups excluding carboxylic acids is 2. The molecule has 0 heterocycles. The van der Waals surface area contributed by atoms with Crippen molar-refractivity contribution in [2.24, 2.45) is 4.99 Å². The molecule has 2 aromatic carbocycles. The van der Waals surface area contributed by atoms with Crippen molar-refractivity contribution in [2.75, 3.05) is 5.75 Å². The summed E-state index contributed by atoms with van der Waals surface area (Å²) >= 11 is 0. The molecular formula is C13H9NO4S. The Morgan fingerprint density at radius 1 is 1.11 bits per heavy atom. The van der Waals surface area contributed by atoms with Crippen LogP contribution in [0.1, 0.15) is 0 Å². The quantitative estimate of drug-likeness (QED) is 0.627. The Morgan fingerprint density at radius 3 is 2.47 bits per heavy atom. The molecule has 0 atom stereocenters. The largest absolute Gasteiger partial charge is 0.271 e. The molecule has 6 heteroatoms. The molecule has 5 nitrogen and oxygen atoms in total. The predicted octanol–water partition coefficient (Wildman–Crippen LogP) is 1.48. The second kappa shape index (κ2) is 5.14. The lowest BCUT2D eigenvalue weighted by Crippen LogP contribution is -2.14. The van der Waals surface area contributed by atoms with Gasteiger partial charge in [0.05, 0.1) is 4.90 Å². The molecular weight excluding hydrogens is 266 g/mol. The van der Waals surface area contributed by atoms with E-state index < -0.39 is 21.5 Å². The van der Waals surface area contributed by atoms with Crippen LogP contribution in [0.2, 0.25) is 0 Å². The minimum atomic E-state index is -3.80. The molecule has 0 N–H and O–H groups in total. The lowest BCUT2D eigenvalue weighted by molar-refractivity contribution is -0.115. The zero-order valence-electron chi connectivity index (χ0n) is 9.74. The molecule has 0 saturated carbocycles. The number of amides is 1. The van der Waals surface area contributed by atoms with Gasteiger partial charge in [-0.05, 0) is 22.9 Å². The molecule has 0 aliphatic heterocycles. The van der Waals surface area contributed by atoms with Crippen LogP contribution < -0.4 is 0 Å². The third-order valence-corrected chi connectivity index (χ3v) is 4.16. The van der Waals surface area contributed by atoms with E-state index in [0.717, 1.165) is 16.9 Å². The van der Waals surface area contributed by atoms with Crippen molar-refractivity contribution in [3.63, 3.8) is 0 Å². The van der Waals surface area contributed by atoms with Crippen LogP contribution in [-0.2, 0) is 19.4 Å². The minimum absolute atomic E-state index is 0.0284. The summed E-state index contributed by atoms with van der Waals surface area (Å²) in [6.45, 7) is 0. The first-order valence-electron chi connectivity index (χ1n) is 5.35. The van der Waals surface area contributed by atoms with Crippen LogP contribution in [0.4, 0.5) is 0 Å². The second-order valence-electron chi connectivity index (χ2n) is 3.86. The van der Waals surface area contributed by atoms with E-state index in [9.17, 15) is 18.0 Å². The molecule has 96 valence electrons. The van der Waals surface area contributed by atoms with Gasteiger partial charge in [-0.3, -0.25) is 4.79 Å². The second-order valence-corrected chi connectivity index (χ2v) is 5.85. The lowest BCUT2D eigenvalue weighted by atomic mass is 10.1. The summed E-state index contributed by atoms with van der Waals surface area (Å²) in [5, 5.41) is 1.66. The Morgan fingerprint density at radius 2 is 1.79 bits per heavy atom. The number of benzene rings is 2. The Labute approximate surface area is 109 Å². The van der Waals surface area contributed by atoms with Crippen molar-refractivity contribution in [1.29, 1.82) is 0 Å². The van der Waals surface area contributed by atoms with Crippen molar-refractivity contribution in [2.45, 2.75) is 4.90 Å². The van der Waals surface area contributed by atoms with E-state index in [1.165, 1.54) is 12.1 Å². The number of sulfone groups is 1. The van der Waals surface area contributed by atoms with Gasteiger partial charge in [-0.1, -0.05) is 30.3 Å². The van der Waals surface area contributed by atoms with Crippen molar-refractivity contribution >= 4 is 32.6 Å². The van der Waals surface area contributed by atoms with Crippen molar-refractivity contribution in [1.82, 2.24) is 0 Å². The minimum Gasteiger partial charge on any atom is -0.271 e. The molecule has 0 radical (unpaired) electrons. The maximum Gasteiger partial charge on any atom is 0.271 e. The topological polar surface area (TPSA) is 80.6 Å². The third-order valence-electron chi connectivity index (χ3n) is 2.56. The maximum absolute atomic E-state index is 12.0. The highest BCUT2D eigenvalue weighted by Crippen LogP contribution is 2.19. The fraction of sp³-hybridized carbons (Fsp3) is 0.0769. The van der Waals surface area contributed by atoms with Gasteiger partial charge in [0.15, 0.2) is 9.84 Å². The molecule has 19 heavy (non-hydrogen) atoms. The van der Waals surface area contributed by atoms with Gasteiger partial charge >= 0.3 is 0 Å². The van der Waals surface area contributed by atoms with Gasteiger partial charge < -0.3 is 0 Å². The van der Waals surface area contributed by atoms with E-state index in [4.69, 9.17) is 0 Å². The van der Waals surface area contributed by atoms with E-state index in [1.54, 1.807) is 18.2 Å². The zero-order valence-corrected chi connectivity index (χ0v) is 10.6. The highest BCUT2D eigenvalue weighted by Gasteiger charge is 2.19. The average molecular weight is 275 g/mol. The molecule has 2 aromatic rings. The van der Waals surface area contributed by atoms with Gasteiger partial charge in [-0.25, -0.2) is 13.2 Å². The standard InChI is InChI=1S/C13H9NO4S/c15-9-14-13(16)8-19(17,18)12-6-5-10-3-1-2-4-11(10)7-12/h1-7H,8H2. The molecule has 0 spiro atoms. The summed E-state index contributed by atoms with van der Waals surface area (Å²) in [6, 6.07) is 11.8. The number of hydrogen-bond donors (Lipinski definition) is 0. The van der Waals surface area contributed by atoms with E-state index in [-0.39, 0.29) is 4.90 Å². The normalized spacial score (nSPS) is 10.9. The highest BCUT2D eigenvalue weighted by molar-refractivity contribution is 7.92. The summed E-state index contributed by atoms with van der Waals surface area (Å²) in [6.07, 6.45) is 1.03. The summed E-state index contributed by atoms with van der Waals surface area (Å²) in [4.78, 5) is 23.8. The average Bonchev–Trinajstić information content (AvgIpc) is 2.37. The van der Waals surface area contributed by atoms with Gasteiger partial charge in [0, 0.05) is 0 Å². The van der Waals surface area contributed by atoms with Gasteiger partial charge in [-0.15, -0.1) is 4.99 Å². The summed E-state index contributed by atoms with van der Waals surface area (Å²) in [7, 11) is -3.80. The number of carbonyl (C=O) groups is 1. The number of hydrogen-bond acceptors (Lipinski definition) is 4. The molecule has 0 aliphatic carbocycles. The SMILES string of the molecule is O=C=NC(=O)CS(=O)(=O)c1ccc2ccccc2c1. The van der Waals surface area contributed by atoms with Gasteiger partial charge in [0.1, 0.15) is 5.75 Å². The zero-order chi connectivity index (χ0) is 13.9. The Bertz CT molecular complexity index is 789. The summed E-state index contributed by atoms with van der Waals surface area (Å²) < 4.78 is 23.9. The fourth-order valence-electron chi connectivity index (χ4n) is 1.69. The van der Waals surface area contributed by atoms with Crippen molar-refractivity contribution < 1.29 is 18.0 Å². The molecule has 0 bridgehead atoms. The first-order chi connectivity index (χ1) is 9.03. The van der Waals surface area contributed by atoms with Gasteiger partial charge in [0.2, 0.25) is 6.08 Å².